The van der Waals surface area contributed by atoms with E-state index in [1.165, 1.54) is 35.1 Å². The molecule has 2 aromatic carbocycles. The molecule has 1 amide bonds. The second kappa shape index (κ2) is 9.24. The molecule has 0 unspecified atom stereocenters. The SMILES string of the molecule is O=C(COc1cccc2c1CCCC2)NCCCN1CCc2ccccc2C1. The molecule has 0 saturated heterocycles. The molecule has 0 fully saturated rings. The first-order valence-electron chi connectivity index (χ1n) is 10.6. The Bertz CT molecular complexity index is 818. The number of fused-ring (bicyclic) bond motifs is 2. The first-order valence-corrected chi connectivity index (χ1v) is 10.6. The van der Waals surface area contributed by atoms with Gasteiger partial charge in [0.1, 0.15) is 5.75 Å². The molecule has 4 rings (SSSR count). The minimum Gasteiger partial charge on any atom is -0.483 e. The predicted molar refractivity (Wildman–Crippen MR) is 112 cm³/mol. The fraction of sp³-hybridized carbons (Fsp3) is 0.458. The number of nitrogens with zero attached hydrogens (tertiary/aromatic N) is 1. The summed E-state index contributed by atoms with van der Waals surface area (Å²) >= 11 is 0. The fourth-order valence-corrected chi connectivity index (χ4v) is 4.35. The summed E-state index contributed by atoms with van der Waals surface area (Å²) < 4.78 is 5.83. The van der Waals surface area contributed by atoms with Gasteiger partial charge in [0.15, 0.2) is 6.61 Å². The van der Waals surface area contributed by atoms with Crippen molar-refractivity contribution in [3.8, 4) is 5.75 Å². The summed E-state index contributed by atoms with van der Waals surface area (Å²) in [5, 5.41) is 3.00. The van der Waals surface area contributed by atoms with E-state index in [9.17, 15) is 4.79 Å². The summed E-state index contributed by atoms with van der Waals surface area (Å²) in [6, 6.07) is 14.9. The lowest BCUT2D eigenvalue weighted by Gasteiger charge is -2.28. The molecule has 1 aliphatic carbocycles. The monoisotopic (exact) mass is 378 g/mol. The Labute approximate surface area is 167 Å². The molecule has 28 heavy (non-hydrogen) atoms. The minimum atomic E-state index is -0.0302. The van der Waals surface area contributed by atoms with Gasteiger partial charge in [-0.25, -0.2) is 0 Å². The Kier molecular flexibility index (Phi) is 6.27. The van der Waals surface area contributed by atoms with Crippen LogP contribution in [0.5, 0.6) is 5.75 Å². The molecule has 1 heterocycles. The largest absolute Gasteiger partial charge is 0.483 e. The van der Waals surface area contributed by atoms with Gasteiger partial charge in [-0.15, -0.1) is 0 Å². The van der Waals surface area contributed by atoms with E-state index in [2.05, 4.69) is 40.5 Å². The Morgan fingerprint density at radius 2 is 1.79 bits per heavy atom. The Balaban J connectivity index is 1.16. The lowest BCUT2D eigenvalue weighted by molar-refractivity contribution is -0.123. The van der Waals surface area contributed by atoms with Gasteiger partial charge in [-0.2, -0.15) is 0 Å². The van der Waals surface area contributed by atoms with E-state index in [4.69, 9.17) is 4.74 Å². The van der Waals surface area contributed by atoms with Crippen LogP contribution in [-0.2, 0) is 30.6 Å². The quantitative estimate of drug-likeness (QED) is 0.750. The number of carbonyl (C=O) groups is 1. The summed E-state index contributed by atoms with van der Waals surface area (Å²) in [5.41, 5.74) is 5.60. The van der Waals surface area contributed by atoms with Gasteiger partial charge in [0.05, 0.1) is 0 Å². The van der Waals surface area contributed by atoms with Crippen molar-refractivity contribution < 1.29 is 9.53 Å². The number of aryl methyl sites for hydroxylation is 1. The number of hydrogen-bond acceptors (Lipinski definition) is 3. The number of nitrogens with one attached hydrogen (secondary N) is 1. The molecule has 0 aromatic heterocycles. The number of carbonyl (C=O) groups excluding carboxylic acids is 1. The highest BCUT2D eigenvalue weighted by Crippen LogP contribution is 2.29. The highest BCUT2D eigenvalue weighted by atomic mass is 16.5. The molecular formula is C24H30N2O2. The van der Waals surface area contributed by atoms with Gasteiger partial charge in [0, 0.05) is 26.2 Å². The molecule has 1 aliphatic heterocycles. The van der Waals surface area contributed by atoms with Gasteiger partial charge in [-0.1, -0.05) is 36.4 Å². The zero-order valence-electron chi connectivity index (χ0n) is 16.6. The third-order valence-corrected chi connectivity index (χ3v) is 5.89. The Morgan fingerprint density at radius 1 is 0.964 bits per heavy atom. The zero-order chi connectivity index (χ0) is 19.2. The van der Waals surface area contributed by atoms with Crippen LogP contribution in [0.2, 0.25) is 0 Å². The van der Waals surface area contributed by atoms with Crippen LogP contribution in [0.15, 0.2) is 42.5 Å². The van der Waals surface area contributed by atoms with Crippen molar-refractivity contribution in [2.24, 2.45) is 0 Å². The second-order valence-corrected chi connectivity index (χ2v) is 7.89. The first kappa shape index (κ1) is 19.0. The van der Waals surface area contributed by atoms with Crippen LogP contribution in [0.3, 0.4) is 0 Å². The van der Waals surface area contributed by atoms with Crippen molar-refractivity contribution in [3.05, 3.63) is 64.7 Å². The van der Waals surface area contributed by atoms with Crippen LogP contribution in [-0.4, -0.2) is 37.0 Å². The van der Waals surface area contributed by atoms with Crippen molar-refractivity contribution in [1.29, 1.82) is 0 Å². The number of amides is 1. The maximum Gasteiger partial charge on any atom is 0.257 e. The van der Waals surface area contributed by atoms with Gasteiger partial charge in [0.2, 0.25) is 0 Å². The van der Waals surface area contributed by atoms with E-state index in [0.29, 0.717) is 6.54 Å². The fourth-order valence-electron chi connectivity index (χ4n) is 4.35. The van der Waals surface area contributed by atoms with Crippen molar-refractivity contribution in [3.63, 3.8) is 0 Å². The summed E-state index contributed by atoms with van der Waals surface area (Å²) in [6.07, 6.45) is 6.73. The first-order chi connectivity index (χ1) is 13.8. The Hall–Kier alpha value is -2.33. The molecule has 4 heteroatoms. The number of hydrogen-bond donors (Lipinski definition) is 1. The summed E-state index contributed by atoms with van der Waals surface area (Å²) in [5.74, 6) is 0.858. The molecule has 2 aromatic rings. The molecular weight excluding hydrogens is 348 g/mol. The second-order valence-electron chi connectivity index (χ2n) is 7.89. The topological polar surface area (TPSA) is 41.6 Å². The average molecular weight is 379 g/mol. The molecule has 0 spiro atoms. The third kappa shape index (κ3) is 4.74. The van der Waals surface area contributed by atoms with Crippen LogP contribution in [0.4, 0.5) is 0 Å². The molecule has 148 valence electrons. The van der Waals surface area contributed by atoms with E-state index in [1.807, 2.05) is 12.1 Å². The van der Waals surface area contributed by atoms with E-state index in [1.54, 1.807) is 0 Å². The molecule has 0 atom stereocenters. The van der Waals surface area contributed by atoms with E-state index >= 15 is 0 Å². The van der Waals surface area contributed by atoms with Crippen LogP contribution < -0.4 is 10.1 Å². The van der Waals surface area contributed by atoms with Crippen LogP contribution in [0.1, 0.15) is 41.5 Å². The van der Waals surface area contributed by atoms with E-state index < -0.39 is 0 Å². The minimum absolute atomic E-state index is 0.0302. The summed E-state index contributed by atoms with van der Waals surface area (Å²) in [4.78, 5) is 14.6. The van der Waals surface area contributed by atoms with Crippen LogP contribution in [0, 0.1) is 0 Å². The molecule has 0 radical (unpaired) electrons. The average Bonchev–Trinajstić information content (AvgIpc) is 2.75. The smallest absolute Gasteiger partial charge is 0.257 e. The number of rotatable bonds is 7. The zero-order valence-corrected chi connectivity index (χ0v) is 16.6. The van der Waals surface area contributed by atoms with Gasteiger partial charge >= 0.3 is 0 Å². The number of benzene rings is 2. The Morgan fingerprint density at radius 3 is 2.71 bits per heavy atom. The molecule has 0 bridgehead atoms. The molecule has 1 N–H and O–H groups in total. The summed E-state index contributed by atoms with van der Waals surface area (Å²) in [7, 11) is 0. The lowest BCUT2D eigenvalue weighted by atomic mass is 9.91. The molecule has 4 nitrogen and oxygen atoms in total. The maximum absolute atomic E-state index is 12.1. The lowest BCUT2D eigenvalue weighted by Crippen LogP contribution is -2.35. The van der Waals surface area contributed by atoms with Gasteiger partial charge in [-0.3, -0.25) is 9.69 Å². The van der Waals surface area contributed by atoms with Gasteiger partial charge in [-0.05, 0) is 66.8 Å². The predicted octanol–water partition coefficient (Wildman–Crippen LogP) is 3.51. The molecule has 2 aliphatic rings. The van der Waals surface area contributed by atoms with E-state index in [-0.39, 0.29) is 12.5 Å². The number of ether oxygens (including phenoxy) is 1. The van der Waals surface area contributed by atoms with Crippen LogP contribution in [0.25, 0.3) is 0 Å². The van der Waals surface area contributed by atoms with Crippen LogP contribution >= 0.6 is 0 Å². The van der Waals surface area contributed by atoms with E-state index in [0.717, 1.165) is 51.1 Å². The third-order valence-electron chi connectivity index (χ3n) is 5.89. The highest BCUT2D eigenvalue weighted by molar-refractivity contribution is 5.77. The van der Waals surface area contributed by atoms with Crippen molar-refractivity contribution in [1.82, 2.24) is 10.2 Å². The summed E-state index contributed by atoms with van der Waals surface area (Å²) in [6.45, 7) is 3.95. The van der Waals surface area contributed by atoms with Crippen molar-refractivity contribution >= 4 is 5.91 Å². The van der Waals surface area contributed by atoms with Gasteiger partial charge < -0.3 is 10.1 Å². The van der Waals surface area contributed by atoms with Gasteiger partial charge in [0.25, 0.3) is 5.91 Å². The molecule has 0 saturated carbocycles. The van der Waals surface area contributed by atoms with Crippen molar-refractivity contribution in [2.75, 3.05) is 26.2 Å². The maximum atomic E-state index is 12.1. The van der Waals surface area contributed by atoms with Crippen molar-refractivity contribution in [2.45, 2.75) is 45.1 Å². The highest BCUT2D eigenvalue weighted by Gasteiger charge is 2.16. The normalized spacial score (nSPS) is 16.1. The standard InChI is InChI=1S/C24H30N2O2/c27-24(18-28-23-12-5-10-20-8-3-4-11-22(20)23)25-14-6-15-26-16-13-19-7-1-2-9-21(19)17-26/h1-2,5,7,9-10,12H,3-4,6,8,11,13-18H2,(H,25,27).